The van der Waals surface area contributed by atoms with Crippen LogP contribution in [0.3, 0.4) is 0 Å². The van der Waals surface area contributed by atoms with E-state index in [4.69, 9.17) is 10.9 Å². The maximum Gasteiger partial charge on any atom is 0.239 e. The first-order valence-corrected chi connectivity index (χ1v) is 4.43. The van der Waals surface area contributed by atoms with Gasteiger partial charge in [0.05, 0.1) is 12.3 Å². The number of nitrogens with zero attached hydrogens (tertiary/aromatic N) is 3. The van der Waals surface area contributed by atoms with Crippen LogP contribution in [-0.4, -0.2) is 34.8 Å². The Balaban J connectivity index is 2.91. The fourth-order valence-corrected chi connectivity index (χ4v) is 1.18. The van der Waals surface area contributed by atoms with Crippen molar-refractivity contribution in [3.05, 3.63) is 12.0 Å². The summed E-state index contributed by atoms with van der Waals surface area (Å²) in [6, 6.07) is 0. The molecule has 0 amide bonds. The highest BCUT2D eigenvalue weighted by molar-refractivity contribution is 5.42. The Hall–Kier alpha value is -1.47. The molecule has 1 aromatic heterocycles. The van der Waals surface area contributed by atoms with E-state index in [9.17, 15) is 4.39 Å². The van der Waals surface area contributed by atoms with Crippen molar-refractivity contribution in [3.63, 3.8) is 0 Å². The molecule has 1 rings (SSSR count). The first-order valence-electron chi connectivity index (χ1n) is 4.43. The van der Waals surface area contributed by atoms with Crippen molar-refractivity contribution in [1.29, 1.82) is 0 Å². The van der Waals surface area contributed by atoms with Gasteiger partial charge in [-0.25, -0.2) is 15.2 Å². The number of rotatable bonds is 4. The second-order valence-corrected chi connectivity index (χ2v) is 3.24. The van der Waals surface area contributed by atoms with Gasteiger partial charge in [-0.1, -0.05) is 0 Å². The zero-order valence-corrected chi connectivity index (χ0v) is 8.61. The number of nitrogens with one attached hydrogen (secondary N) is 1. The van der Waals surface area contributed by atoms with Crippen molar-refractivity contribution in [3.8, 4) is 0 Å². The van der Waals surface area contributed by atoms with Gasteiger partial charge in [0.1, 0.15) is 0 Å². The molecule has 6 nitrogen and oxygen atoms in total. The van der Waals surface area contributed by atoms with Gasteiger partial charge in [0.25, 0.3) is 0 Å². The Labute approximate surface area is 86.9 Å². The summed E-state index contributed by atoms with van der Waals surface area (Å²) in [6.07, 6.45) is 0.453. The van der Waals surface area contributed by atoms with E-state index < -0.39 is 11.9 Å². The van der Waals surface area contributed by atoms with Crippen molar-refractivity contribution >= 4 is 11.8 Å². The third-order valence-electron chi connectivity index (χ3n) is 1.75. The maximum atomic E-state index is 13.3. The molecule has 84 valence electrons. The molecule has 1 unspecified atom stereocenters. The van der Waals surface area contributed by atoms with Crippen LogP contribution in [0.1, 0.15) is 6.92 Å². The Morgan fingerprint density at radius 2 is 2.40 bits per heavy atom. The Morgan fingerprint density at radius 3 is 2.93 bits per heavy atom. The van der Waals surface area contributed by atoms with Gasteiger partial charge in [-0.2, -0.15) is 4.98 Å². The second-order valence-electron chi connectivity index (χ2n) is 3.24. The lowest BCUT2D eigenvalue weighted by Crippen LogP contribution is -2.29. The zero-order chi connectivity index (χ0) is 11.4. The van der Waals surface area contributed by atoms with Crippen LogP contribution in [0.2, 0.25) is 0 Å². The fraction of sp³-hybridized carbons (Fsp3) is 0.500. The van der Waals surface area contributed by atoms with Crippen molar-refractivity contribution in [2.24, 2.45) is 5.84 Å². The van der Waals surface area contributed by atoms with Gasteiger partial charge in [0.15, 0.2) is 11.6 Å². The molecule has 0 saturated heterocycles. The average molecular weight is 215 g/mol. The van der Waals surface area contributed by atoms with Crippen LogP contribution < -0.4 is 16.2 Å². The third-order valence-corrected chi connectivity index (χ3v) is 1.75. The molecule has 0 spiro atoms. The summed E-state index contributed by atoms with van der Waals surface area (Å²) in [4.78, 5) is 8.93. The molecular formula is C8H14FN5O. The maximum absolute atomic E-state index is 13.3. The summed E-state index contributed by atoms with van der Waals surface area (Å²) in [7, 11) is 1.62. The van der Waals surface area contributed by atoms with Gasteiger partial charge in [0.2, 0.25) is 5.95 Å². The molecule has 0 aliphatic rings. The van der Waals surface area contributed by atoms with Crippen LogP contribution in [-0.2, 0) is 0 Å². The lowest BCUT2D eigenvalue weighted by Gasteiger charge is -2.20. The molecule has 0 aromatic carbocycles. The van der Waals surface area contributed by atoms with Crippen LogP contribution in [0.15, 0.2) is 6.20 Å². The van der Waals surface area contributed by atoms with E-state index in [0.29, 0.717) is 0 Å². The minimum atomic E-state index is -0.571. The summed E-state index contributed by atoms with van der Waals surface area (Å²) in [5.74, 6) is 4.77. The van der Waals surface area contributed by atoms with Gasteiger partial charge < -0.3 is 10.0 Å². The third kappa shape index (κ3) is 3.00. The number of hydrazine groups is 1. The van der Waals surface area contributed by atoms with Crippen LogP contribution >= 0.6 is 0 Å². The Kier molecular flexibility index (Phi) is 3.75. The number of aliphatic hydroxyl groups excluding tert-OH is 1. The molecule has 1 atom stereocenters. The highest BCUT2D eigenvalue weighted by Crippen LogP contribution is 2.15. The van der Waals surface area contributed by atoms with Gasteiger partial charge >= 0.3 is 0 Å². The molecule has 0 aliphatic heterocycles. The van der Waals surface area contributed by atoms with E-state index in [1.165, 1.54) is 4.90 Å². The average Bonchev–Trinajstić information content (AvgIpc) is 2.17. The van der Waals surface area contributed by atoms with Crippen LogP contribution in [0.4, 0.5) is 16.2 Å². The molecule has 0 radical (unpaired) electrons. The molecule has 1 aromatic rings. The van der Waals surface area contributed by atoms with Crippen LogP contribution in [0.5, 0.6) is 0 Å². The van der Waals surface area contributed by atoms with Crippen molar-refractivity contribution in [2.45, 2.75) is 13.0 Å². The predicted molar refractivity (Wildman–Crippen MR) is 54.8 cm³/mol. The van der Waals surface area contributed by atoms with Gasteiger partial charge in [-0.05, 0) is 6.92 Å². The monoisotopic (exact) mass is 215 g/mol. The largest absolute Gasteiger partial charge is 0.392 e. The normalized spacial score (nSPS) is 12.3. The summed E-state index contributed by atoms with van der Waals surface area (Å²) in [5, 5.41) is 9.15. The number of nitrogen functional groups attached to an aromatic ring is 1. The topological polar surface area (TPSA) is 87.3 Å². The SMILES string of the molecule is CC(O)CN(C)c1nc(NN)ncc1F. The number of halogens is 1. The molecule has 7 heteroatoms. The first kappa shape index (κ1) is 11.6. The van der Waals surface area contributed by atoms with E-state index in [0.717, 1.165) is 6.20 Å². The summed E-state index contributed by atoms with van der Waals surface area (Å²) in [6.45, 7) is 1.88. The molecule has 0 aliphatic carbocycles. The van der Waals surface area contributed by atoms with Crippen molar-refractivity contribution in [2.75, 3.05) is 23.9 Å². The lowest BCUT2D eigenvalue weighted by molar-refractivity contribution is 0.201. The molecule has 0 fully saturated rings. The van der Waals surface area contributed by atoms with Gasteiger partial charge in [-0.15, -0.1) is 0 Å². The predicted octanol–water partition coefficient (Wildman–Crippen LogP) is -0.282. The molecular weight excluding hydrogens is 201 g/mol. The van der Waals surface area contributed by atoms with Gasteiger partial charge in [-0.3, -0.25) is 5.43 Å². The number of aromatic nitrogens is 2. The lowest BCUT2D eigenvalue weighted by atomic mass is 10.3. The Morgan fingerprint density at radius 1 is 1.73 bits per heavy atom. The molecule has 1 heterocycles. The van der Waals surface area contributed by atoms with Crippen molar-refractivity contribution < 1.29 is 9.50 Å². The fourth-order valence-electron chi connectivity index (χ4n) is 1.18. The van der Waals surface area contributed by atoms with E-state index >= 15 is 0 Å². The highest BCUT2D eigenvalue weighted by Gasteiger charge is 2.12. The number of hydrogen-bond donors (Lipinski definition) is 3. The number of nitrogens with two attached hydrogens (primary N) is 1. The first-order chi connectivity index (χ1) is 7.04. The van der Waals surface area contributed by atoms with Crippen LogP contribution in [0, 0.1) is 5.82 Å². The minimum Gasteiger partial charge on any atom is -0.392 e. The number of aliphatic hydroxyl groups is 1. The van der Waals surface area contributed by atoms with E-state index in [1.54, 1.807) is 14.0 Å². The molecule has 0 bridgehead atoms. The zero-order valence-electron chi connectivity index (χ0n) is 8.61. The van der Waals surface area contributed by atoms with Gasteiger partial charge in [0, 0.05) is 13.6 Å². The second kappa shape index (κ2) is 4.85. The Bertz CT molecular complexity index is 333. The van der Waals surface area contributed by atoms with Crippen molar-refractivity contribution in [1.82, 2.24) is 9.97 Å². The van der Waals surface area contributed by atoms with E-state index in [1.807, 2.05) is 0 Å². The minimum absolute atomic E-state index is 0.0962. The number of likely N-dealkylation sites (N-methyl/N-ethyl adjacent to an activating group) is 1. The van der Waals surface area contributed by atoms with E-state index in [-0.39, 0.29) is 18.3 Å². The van der Waals surface area contributed by atoms with Crippen LogP contribution in [0.25, 0.3) is 0 Å². The standard InChI is InChI=1S/C8H14FN5O/c1-5(15)4-14(2)7-6(9)3-11-8(12-7)13-10/h3,5,15H,4,10H2,1-2H3,(H,11,12,13). The van der Waals surface area contributed by atoms with E-state index in [2.05, 4.69) is 15.4 Å². The number of hydrogen-bond acceptors (Lipinski definition) is 6. The summed E-state index contributed by atoms with van der Waals surface area (Å²) in [5.41, 5.74) is 2.22. The summed E-state index contributed by atoms with van der Waals surface area (Å²) < 4.78 is 13.3. The smallest absolute Gasteiger partial charge is 0.239 e. The summed E-state index contributed by atoms with van der Waals surface area (Å²) >= 11 is 0. The molecule has 4 N–H and O–H groups in total. The quantitative estimate of drug-likeness (QED) is 0.473. The molecule has 0 saturated carbocycles. The number of anilines is 2. The molecule has 15 heavy (non-hydrogen) atoms. The highest BCUT2D eigenvalue weighted by atomic mass is 19.1.